The summed E-state index contributed by atoms with van der Waals surface area (Å²) in [6.45, 7) is 2.73. The smallest absolute Gasteiger partial charge is 0.267 e. The molecule has 182 valence electrons. The molecule has 35 heavy (non-hydrogen) atoms. The summed E-state index contributed by atoms with van der Waals surface area (Å²) in [5.74, 6) is 1.82. The first-order chi connectivity index (χ1) is 17.1. The molecule has 0 radical (unpaired) electrons. The molecule has 1 fully saturated rings. The standard InChI is InChI=1S/C25H26N4O5S/c1-32-18-8-6-17(7-9-18)19-16-35-25(26-19)27-23(30)14-28-10-12-29(13-11-28)24(31)22-15-33-20-4-2-3-5-21(20)34-22/h2-9,16,22H,10-15H2,1H3,(H,26,27,30)/t22-/m1/s1. The second-order valence-corrected chi connectivity index (χ2v) is 9.14. The van der Waals surface area contributed by atoms with Gasteiger partial charge in [-0.15, -0.1) is 11.3 Å². The van der Waals surface area contributed by atoms with Gasteiger partial charge in [-0.2, -0.15) is 0 Å². The highest BCUT2D eigenvalue weighted by Crippen LogP contribution is 2.31. The second kappa shape index (κ2) is 10.3. The lowest BCUT2D eigenvalue weighted by atomic mass is 10.2. The van der Waals surface area contributed by atoms with Crippen LogP contribution < -0.4 is 19.5 Å². The third-order valence-electron chi connectivity index (χ3n) is 5.97. The highest BCUT2D eigenvalue weighted by Gasteiger charge is 2.33. The van der Waals surface area contributed by atoms with Crippen LogP contribution in [0.3, 0.4) is 0 Å². The number of aromatic nitrogens is 1. The SMILES string of the molecule is COc1ccc(-c2csc(NC(=O)CN3CCN(C(=O)[C@H]4COc5ccccc5O4)CC3)n2)cc1. The molecule has 10 heteroatoms. The summed E-state index contributed by atoms with van der Waals surface area (Å²) in [6.07, 6.45) is -0.649. The van der Waals surface area contributed by atoms with E-state index in [2.05, 4.69) is 10.3 Å². The molecule has 1 atom stereocenters. The van der Waals surface area contributed by atoms with Gasteiger partial charge in [0.05, 0.1) is 19.3 Å². The number of hydrogen-bond acceptors (Lipinski definition) is 8. The van der Waals surface area contributed by atoms with E-state index in [0.29, 0.717) is 42.8 Å². The zero-order valence-electron chi connectivity index (χ0n) is 19.3. The van der Waals surface area contributed by atoms with Gasteiger partial charge in [-0.1, -0.05) is 12.1 Å². The van der Waals surface area contributed by atoms with Gasteiger partial charge in [0.2, 0.25) is 12.0 Å². The van der Waals surface area contributed by atoms with Crippen molar-refractivity contribution in [3.8, 4) is 28.5 Å². The number of carbonyl (C=O) groups is 2. The number of amides is 2. The van der Waals surface area contributed by atoms with Crippen LogP contribution in [0.25, 0.3) is 11.3 Å². The van der Waals surface area contributed by atoms with Gasteiger partial charge >= 0.3 is 0 Å². The molecule has 0 spiro atoms. The third-order valence-corrected chi connectivity index (χ3v) is 6.73. The van der Waals surface area contributed by atoms with Gasteiger partial charge in [-0.25, -0.2) is 4.98 Å². The van der Waals surface area contributed by atoms with Crippen LogP contribution in [0.2, 0.25) is 0 Å². The van der Waals surface area contributed by atoms with E-state index in [0.717, 1.165) is 17.0 Å². The zero-order chi connectivity index (χ0) is 24.2. The Morgan fingerprint density at radius 1 is 1.09 bits per heavy atom. The maximum Gasteiger partial charge on any atom is 0.267 e. The number of anilines is 1. The van der Waals surface area contributed by atoms with Crippen LogP contribution in [0.5, 0.6) is 17.2 Å². The Balaban J connectivity index is 1.08. The predicted octanol–water partition coefficient (Wildman–Crippen LogP) is 2.74. The maximum atomic E-state index is 12.9. The number of ether oxygens (including phenoxy) is 3. The maximum absolute atomic E-state index is 12.9. The number of hydrogen-bond donors (Lipinski definition) is 1. The first kappa shape index (κ1) is 23.1. The summed E-state index contributed by atoms with van der Waals surface area (Å²) >= 11 is 1.39. The number of para-hydroxylation sites is 2. The Morgan fingerprint density at radius 2 is 1.83 bits per heavy atom. The number of carbonyl (C=O) groups excluding carboxylic acids is 2. The van der Waals surface area contributed by atoms with Crippen LogP contribution in [0.4, 0.5) is 5.13 Å². The Hall–Kier alpha value is -3.63. The quantitative estimate of drug-likeness (QED) is 0.563. The zero-order valence-corrected chi connectivity index (χ0v) is 20.1. The molecule has 9 nitrogen and oxygen atoms in total. The topological polar surface area (TPSA) is 93.2 Å². The van der Waals surface area contributed by atoms with Crippen LogP contribution in [-0.2, 0) is 9.59 Å². The molecular weight excluding hydrogens is 468 g/mol. The van der Waals surface area contributed by atoms with Gasteiger partial charge in [0.15, 0.2) is 16.6 Å². The lowest BCUT2D eigenvalue weighted by Crippen LogP contribution is -2.54. The molecule has 2 aliphatic heterocycles. The molecule has 1 aromatic heterocycles. The van der Waals surface area contributed by atoms with Gasteiger partial charge in [0.1, 0.15) is 12.4 Å². The van der Waals surface area contributed by atoms with Crippen molar-refractivity contribution in [2.24, 2.45) is 0 Å². The van der Waals surface area contributed by atoms with E-state index >= 15 is 0 Å². The van der Waals surface area contributed by atoms with E-state index in [1.807, 2.05) is 52.7 Å². The van der Waals surface area contributed by atoms with Crippen molar-refractivity contribution in [3.63, 3.8) is 0 Å². The fraction of sp³-hybridized carbons (Fsp3) is 0.320. The van der Waals surface area contributed by atoms with Crippen molar-refractivity contribution in [2.75, 3.05) is 51.8 Å². The molecule has 2 amide bonds. The highest BCUT2D eigenvalue weighted by atomic mass is 32.1. The lowest BCUT2D eigenvalue weighted by Gasteiger charge is -2.36. The minimum absolute atomic E-state index is 0.0857. The molecule has 0 aliphatic carbocycles. The number of rotatable bonds is 6. The Labute approximate surface area is 207 Å². The Kier molecular flexibility index (Phi) is 6.82. The van der Waals surface area contributed by atoms with Crippen LogP contribution in [0.1, 0.15) is 0 Å². The molecule has 1 saturated heterocycles. The van der Waals surface area contributed by atoms with Gasteiger partial charge in [-0.05, 0) is 36.4 Å². The molecular formula is C25H26N4O5S. The molecule has 2 aromatic carbocycles. The van der Waals surface area contributed by atoms with Gasteiger partial charge in [0, 0.05) is 37.1 Å². The van der Waals surface area contributed by atoms with Crippen molar-refractivity contribution >= 4 is 28.3 Å². The fourth-order valence-electron chi connectivity index (χ4n) is 4.06. The van der Waals surface area contributed by atoms with Gasteiger partial charge in [0.25, 0.3) is 5.91 Å². The highest BCUT2D eigenvalue weighted by molar-refractivity contribution is 7.14. The number of thiazole rings is 1. The van der Waals surface area contributed by atoms with Crippen LogP contribution in [0.15, 0.2) is 53.9 Å². The largest absolute Gasteiger partial charge is 0.497 e. The van der Waals surface area contributed by atoms with E-state index in [9.17, 15) is 9.59 Å². The summed E-state index contributed by atoms with van der Waals surface area (Å²) in [4.78, 5) is 33.8. The minimum Gasteiger partial charge on any atom is -0.497 e. The van der Waals surface area contributed by atoms with Crippen molar-refractivity contribution in [1.82, 2.24) is 14.8 Å². The Morgan fingerprint density at radius 3 is 2.57 bits per heavy atom. The minimum atomic E-state index is -0.649. The predicted molar refractivity (Wildman–Crippen MR) is 132 cm³/mol. The molecule has 1 N–H and O–H groups in total. The van der Waals surface area contributed by atoms with Gasteiger partial charge < -0.3 is 24.4 Å². The average Bonchev–Trinajstić information content (AvgIpc) is 3.36. The second-order valence-electron chi connectivity index (χ2n) is 8.28. The molecule has 0 unspecified atom stereocenters. The van der Waals surface area contributed by atoms with Crippen LogP contribution >= 0.6 is 11.3 Å². The summed E-state index contributed by atoms with van der Waals surface area (Å²) < 4.78 is 16.7. The molecule has 2 aliphatic rings. The summed E-state index contributed by atoms with van der Waals surface area (Å²) in [5, 5.41) is 5.36. The van der Waals surface area contributed by atoms with E-state index < -0.39 is 6.10 Å². The molecule has 0 bridgehead atoms. The number of benzene rings is 2. The summed E-state index contributed by atoms with van der Waals surface area (Å²) in [7, 11) is 1.63. The fourth-order valence-corrected chi connectivity index (χ4v) is 4.79. The Bertz CT molecular complexity index is 1190. The van der Waals surface area contributed by atoms with Crippen molar-refractivity contribution in [3.05, 3.63) is 53.9 Å². The van der Waals surface area contributed by atoms with E-state index in [1.54, 1.807) is 18.1 Å². The van der Waals surface area contributed by atoms with E-state index in [-0.39, 0.29) is 25.0 Å². The summed E-state index contributed by atoms with van der Waals surface area (Å²) in [6, 6.07) is 15.0. The first-order valence-corrected chi connectivity index (χ1v) is 12.3. The summed E-state index contributed by atoms with van der Waals surface area (Å²) in [5.41, 5.74) is 1.76. The number of nitrogens with one attached hydrogen (secondary N) is 1. The van der Waals surface area contributed by atoms with Crippen molar-refractivity contribution in [2.45, 2.75) is 6.10 Å². The lowest BCUT2D eigenvalue weighted by molar-refractivity contribution is -0.143. The van der Waals surface area contributed by atoms with Crippen LogP contribution in [0, 0.1) is 0 Å². The van der Waals surface area contributed by atoms with Crippen molar-refractivity contribution < 1.29 is 23.8 Å². The van der Waals surface area contributed by atoms with Gasteiger partial charge in [-0.3, -0.25) is 14.5 Å². The third kappa shape index (κ3) is 5.39. The number of nitrogens with zero attached hydrogens (tertiary/aromatic N) is 3. The number of methoxy groups -OCH3 is 1. The molecule has 3 heterocycles. The molecule has 5 rings (SSSR count). The van der Waals surface area contributed by atoms with Crippen LogP contribution in [-0.4, -0.2) is 79.1 Å². The molecule has 3 aromatic rings. The average molecular weight is 495 g/mol. The molecule has 0 saturated carbocycles. The monoisotopic (exact) mass is 494 g/mol. The normalized spacial score (nSPS) is 17.6. The number of piperazine rings is 1. The first-order valence-electron chi connectivity index (χ1n) is 11.4. The number of fused-ring (bicyclic) bond motifs is 1. The van der Waals surface area contributed by atoms with E-state index in [1.165, 1.54) is 11.3 Å². The van der Waals surface area contributed by atoms with Crippen molar-refractivity contribution in [1.29, 1.82) is 0 Å². The van der Waals surface area contributed by atoms with E-state index in [4.69, 9.17) is 14.2 Å².